The van der Waals surface area contributed by atoms with Crippen molar-refractivity contribution in [1.29, 1.82) is 0 Å². The van der Waals surface area contributed by atoms with Crippen molar-refractivity contribution in [2.24, 2.45) is 0 Å². The predicted molar refractivity (Wildman–Crippen MR) is 74.4 cm³/mol. The lowest BCUT2D eigenvalue weighted by atomic mass is 10.3. The van der Waals surface area contributed by atoms with Crippen LogP contribution in [0.5, 0.6) is 0 Å². The molecule has 0 aliphatic rings. The number of nitrogens with one attached hydrogen (secondary N) is 1. The molecule has 0 bridgehead atoms. The van der Waals surface area contributed by atoms with Gasteiger partial charge >= 0.3 is 0 Å². The zero-order chi connectivity index (χ0) is 14.0. The molecule has 2 aromatic rings. The first-order chi connectivity index (χ1) is 8.95. The van der Waals surface area contributed by atoms with Crippen LogP contribution in [-0.4, -0.2) is 25.4 Å². The lowest BCUT2D eigenvalue weighted by molar-refractivity contribution is 0.591. The molecule has 0 amide bonds. The first kappa shape index (κ1) is 13.4. The highest BCUT2D eigenvalue weighted by molar-refractivity contribution is 7.92. The predicted octanol–water partition coefficient (Wildman–Crippen LogP) is 1.38. The van der Waals surface area contributed by atoms with Crippen LogP contribution in [0.4, 0.5) is 11.4 Å². The second kappa shape index (κ2) is 4.93. The molecule has 0 radical (unpaired) electrons. The highest BCUT2D eigenvalue weighted by Gasteiger charge is 2.23. The fraction of sp³-hybridized carbons (Fsp3) is 0.250. The summed E-state index contributed by atoms with van der Waals surface area (Å²) >= 11 is 0. The molecule has 3 N–H and O–H groups in total. The Labute approximate surface area is 112 Å². The summed E-state index contributed by atoms with van der Waals surface area (Å²) in [7, 11) is -2.13. The van der Waals surface area contributed by atoms with E-state index in [0.717, 1.165) is 0 Å². The number of aryl methyl sites for hydroxylation is 1. The zero-order valence-corrected chi connectivity index (χ0v) is 11.6. The summed E-state index contributed by atoms with van der Waals surface area (Å²) in [6.45, 7) is 1.90. The number of hydrogen-bond donors (Lipinski definition) is 2. The SMILES string of the molecule is CCc1ncc(S(=O)(=O)N(C)c2ccc(N)cc2)[nH]1. The molecule has 0 atom stereocenters. The highest BCUT2D eigenvalue weighted by atomic mass is 32.2. The van der Waals surface area contributed by atoms with Gasteiger partial charge in [0.25, 0.3) is 10.0 Å². The van der Waals surface area contributed by atoms with Crippen molar-refractivity contribution in [2.75, 3.05) is 17.1 Å². The zero-order valence-electron chi connectivity index (χ0n) is 10.8. The lowest BCUT2D eigenvalue weighted by Gasteiger charge is -2.18. The molecule has 19 heavy (non-hydrogen) atoms. The Hall–Kier alpha value is -2.02. The molecule has 7 heteroatoms. The van der Waals surface area contributed by atoms with Crippen LogP contribution in [0.2, 0.25) is 0 Å². The third-order valence-electron chi connectivity index (χ3n) is 2.84. The van der Waals surface area contributed by atoms with E-state index in [0.29, 0.717) is 23.6 Å². The van der Waals surface area contributed by atoms with Crippen molar-refractivity contribution in [2.45, 2.75) is 18.4 Å². The molecule has 0 aliphatic carbocycles. The number of benzene rings is 1. The Morgan fingerprint density at radius 3 is 2.47 bits per heavy atom. The van der Waals surface area contributed by atoms with Gasteiger partial charge in [0, 0.05) is 19.2 Å². The largest absolute Gasteiger partial charge is 0.399 e. The number of H-pyrrole nitrogens is 1. The molecule has 1 heterocycles. The first-order valence-corrected chi connectivity index (χ1v) is 7.27. The van der Waals surface area contributed by atoms with Crippen LogP contribution in [0, 0.1) is 0 Å². The molecular formula is C12H16N4O2S. The Morgan fingerprint density at radius 1 is 1.32 bits per heavy atom. The molecule has 0 fully saturated rings. The number of rotatable bonds is 4. The van der Waals surface area contributed by atoms with E-state index in [1.54, 1.807) is 24.3 Å². The maximum atomic E-state index is 12.4. The average Bonchev–Trinajstić information content (AvgIpc) is 2.88. The van der Waals surface area contributed by atoms with Gasteiger partial charge in [-0.3, -0.25) is 4.31 Å². The second-order valence-corrected chi connectivity index (χ2v) is 6.05. The van der Waals surface area contributed by atoms with Crippen molar-refractivity contribution < 1.29 is 8.42 Å². The van der Waals surface area contributed by atoms with Gasteiger partial charge < -0.3 is 10.7 Å². The van der Waals surface area contributed by atoms with Gasteiger partial charge in [0.15, 0.2) is 5.03 Å². The van der Waals surface area contributed by atoms with Gasteiger partial charge in [-0.2, -0.15) is 8.42 Å². The van der Waals surface area contributed by atoms with Gasteiger partial charge in [0.05, 0.1) is 11.9 Å². The van der Waals surface area contributed by atoms with E-state index in [2.05, 4.69) is 9.97 Å². The van der Waals surface area contributed by atoms with Gasteiger partial charge in [-0.05, 0) is 24.3 Å². The Balaban J connectivity index is 2.36. The van der Waals surface area contributed by atoms with E-state index in [4.69, 9.17) is 5.73 Å². The minimum absolute atomic E-state index is 0.0867. The number of aromatic nitrogens is 2. The quantitative estimate of drug-likeness (QED) is 0.828. The maximum absolute atomic E-state index is 12.4. The molecule has 102 valence electrons. The summed E-state index contributed by atoms with van der Waals surface area (Å²) in [5.41, 5.74) is 6.71. The number of anilines is 2. The number of nitrogens with zero attached hydrogens (tertiary/aromatic N) is 2. The molecule has 2 rings (SSSR count). The molecule has 0 spiro atoms. The van der Waals surface area contributed by atoms with Crippen LogP contribution in [0.25, 0.3) is 0 Å². The van der Waals surface area contributed by atoms with Crippen LogP contribution < -0.4 is 10.0 Å². The number of hydrogen-bond acceptors (Lipinski definition) is 4. The summed E-state index contributed by atoms with van der Waals surface area (Å²) in [6, 6.07) is 6.63. The summed E-state index contributed by atoms with van der Waals surface area (Å²) in [5.74, 6) is 0.643. The number of sulfonamides is 1. The molecule has 1 aromatic carbocycles. The van der Waals surface area contributed by atoms with Crippen LogP contribution in [0.1, 0.15) is 12.7 Å². The van der Waals surface area contributed by atoms with Crippen LogP contribution >= 0.6 is 0 Å². The Kier molecular flexibility index (Phi) is 3.48. The van der Waals surface area contributed by atoms with Gasteiger partial charge in [0.2, 0.25) is 0 Å². The summed E-state index contributed by atoms with van der Waals surface area (Å²) in [5, 5.41) is 0.0867. The molecular weight excluding hydrogens is 264 g/mol. The van der Waals surface area contributed by atoms with Gasteiger partial charge in [-0.15, -0.1) is 0 Å². The van der Waals surface area contributed by atoms with Gasteiger partial charge in [0.1, 0.15) is 5.82 Å². The van der Waals surface area contributed by atoms with Crippen LogP contribution in [0.15, 0.2) is 35.5 Å². The van der Waals surface area contributed by atoms with Crippen molar-refractivity contribution in [3.8, 4) is 0 Å². The molecule has 0 saturated heterocycles. The minimum Gasteiger partial charge on any atom is -0.399 e. The molecule has 1 aromatic heterocycles. The lowest BCUT2D eigenvalue weighted by Crippen LogP contribution is -2.26. The van der Waals surface area contributed by atoms with Crippen molar-refractivity contribution in [1.82, 2.24) is 9.97 Å². The van der Waals surface area contributed by atoms with Gasteiger partial charge in [-0.1, -0.05) is 6.92 Å². The molecule has 0 unspecified atom stereocenters. The van der Waals surface area contributed by atoms with Crippen molar-refractivity contribution >= 4 is 21.4 Å². The summed E-state index contributed by atoms with van der Waals surface area (Å²) < 4.78 is 25.9. The summed E-state index contributed by atoms with van der Waals surface area (Å²) in [6.07, 6.45) is 1.99. The Bertz CT molecular complexity index is 661. The Morgan fingerprint density at radius 2 is 1.95 bits per heavy atom. The third kappa shape index (κ3) is 2.55. The number of aromatic amines is 1. The van der Waals surface area contributed by atoms with Crippen LogP contribution in [-0.2, 0) is 16.4 Å². The second-order valence-electron chi connectivity index (χ2n) is 4.11. The minimum atomic E-state index is -3.62. The molecule has 0 saturated carbocycles. The standard InChI is InChI=1S/C12H16N4O2S/c1-3-11-14-8-12(15-11)19(17,18)16(2)10-6-4-9(13)5-7-10/h4-8H,3,13H2,1-2H3,(H,14,15). The molecule has 6 nitrogen and oxygen atoms in total. The number of imidazole rings is 1. The van der Waals surface area contributed by atoms with E-state index >= 15 is 0 Å². The number of nitrogen functional groups attached to an aromatic ring is 1. The smallest absolute Gasteiger partial charge is 0.281 e. The average molecular weight is 280 g/mol. The molecule has 0 aliphatic heterocycles. The van der Waals surface area contributed by atoms with Crippen LogP contribution in [0.3, 0.4) is 0 Å². The monoisotopic (exact) mass is 280 g/mol. The van der Waals surface area contributed by atoms with E-state index in [1.165, 1.54) is 17.5 Å². The van der Waals surface area contributed by atoms with E-state index < -0.39 is 10.0 Å². The summed E-state index contributed by atoms with van der Waals surface area (Å²) in [4.78, 5) is 6.81. The van der Waals surface area contributed by atoms with Crippen molar-refractivity contribution in [3.05, 3.63) is 36.3 Å². The van der Waals surface area contributed by atoms with Gasteiger partial charge in [-0.25, -0.2) is 4.98 Å². The maximum Gasteiger partial charge on any atom is 0.281 e. The topological polar surface area (TPSA) is 92.1 Å². The van der Waals surface area contributed by atoms with Crippen molar-refractivity contribution in [3.63, 3.8) is 0 Å². The highest BCUT2D eigenvalue weighted by Crippen LogP contribution is 2.21. The normalized spacial score (nSPS) is 11.5. The third-order valence-corrected chi connectivity index (χ3v) is 4.53. The first-order valence-electron chi connectivity index (χ1n) is 5.83. The van der Waals surface area contributed by atoms with E-state index in [9.17, 15) is 8.42 Å². The fourth-order valence-corrected chi connectivity index (χ4v) is 2.75. The van der Waals surface area contributed by atoms with E-state index in [-0.39, 0.29) is 5.03 Å². The van der Waals surface area contributed by atoms with E-state index in [1.807, 2.05) is 6.92 Å². The number of nitrogens with two attached hydrogens (primary N) is 1. The fourth-order valence-electron chi connectivity index (χ4n) is 1.62.